The molecule has 0 aromatic heterocycles. The van der Waals surface area contributed by atoms with Crippen LogP contribution in [0.1, 0.15) is 41.7 Å². The van der Waals surface area contributed by atoms with Gasteiger partial charge in [-0.3, -0.25) is 19.7 Å². The summed E-state index contributed by atoms with van der Waals surface area (Å²) >= 11 is 1.92. The minimum absolute atomic E-state index is 0.0491. The van der Waals surface area contributed by atoms with E-state index < -0.39 is 4.92 Å². The van der Waals surface area contributed by atoms with Gasteiger partial charge < -0.3 is 10.2 Å². The Hall–Kier alpha value is -2.49. The Balaban J connectivity index is 1.75. The Morgan fingerprint density at radius 2 is 2.07 bits per heavy atom. The molecule has 2 aromatic rings. The molecule has 1 N–H and O–H groups in total. The maximum absolute atomic E-state index is 12.6. The second kappa shape index (κ2) is 8.03. The van der Waals surface area contributed by atoms with Gasteiger partial charge in [0.2, 0.25) is 5.91 Å². The van der Waals surface area contributed by atoms with Crippen molar-refractivity contribution in [3.8, 4) is 0 Å². The fraction of sp³-hybridized carbons (Fsp3) is 0.263. The summed E-state index contributed by atoms with van der Waals surface area (Å²) in [4.78, 5) is 36.6. The van der Waals surface area contributed by atoms with Crippen molar-refractivity contribution in [2.75, 3.05) is 11.4 Å². The topological polar surface area (TPSA) is 92.5 Å². The second-order valence-corrected chi connectivity index (χ2v) is 7.52. The van der Waals surface area contributed by atoms with Crippen molar-refractivity contribution >= 4 is 45.8 Å². The SMILES string of the molecule is CC(NC(=O)c1ccc([N+](=O)[O-])cc1I)c1cccc(N2CCCC2=O)c1. The first-order valence-electron chi connectivity index (χ1n) is 8.52. The van der Waals surface area contributed by atoms with Gasteiger partial charge in [-0.2, -0.15) is 0 Å². The molecule has 0 saturated carbocycles. The zero-order valence-electron chi connectivity index (χ0n) is 14.6. The van der Waals surface area contributed by atoms with Crippen LogP contribution in [0.2, 0.25) is 0 Å². The molecular formula is C19H18IN3O4. The van der Waals surface area contributed by atoms with Gasteiger partial charge in [-0.25, -0.2) is 0 Å². The fourth-order valence-electron chi connectivity index (χ4n) is 3.04. The number of nitro benzene ring substituents is 1. The van der Waals surface area contributed by atoms with Gasteiger partial charge in [0.1, 0.15) is 0 Å². The lowest BCUT2D eigenvalue weighted by Gasteiger charge is -2.20. The predicted octanol–water partition coefficient (Wildman–Crippen LogP) is 3.82. The van der Waals surface area contributed by atoms with Gasteiger partial charge in [-0.15, -0.1) is 0 Å². The highest BCUT2D eigenvalue weighted by Gasteiger charge is 2.22. The highest BCUT2D eigenvalue weighted by Crippen LogP contribution is 2.25. The smallest absolute Gasteiger partial charge is 0.270 e. The Morgan fingerprint density at radius 1 is 1.30 bits per heavy atom. The number of hydrogen-bond acceptors (Lipinski definition) is 4. The van der Waals surface area contributed by atoms with Gasteiger partial charge in [-0.05, 0) is 59.7 Å². The molecule has 3 rings (SSSR count). The number of non-ortho nitro benzene ring substituents is 1. The molecule has 2 aromatic carbocycles. The first-order chi connectivity index (χ1) is 12.9. The number of hydrogen-bond donors (Lipinski definition) is 1. The normalized spacial score (nSPS) is 14.9. The third kappa shape index (κ3) is 4.26. The molecule has 1 saturated heterocycles. The van der Waals surface area contributed by atoms with Crippen LogP contribution in [0.3, 0.4) is 0 Å². The molecule has 2 amide bonds. The van der Waals surface area contributed by atoms with Crippen molar-refractivity contribution in [1.29, 1.82) is 0 Å². The molecular weight excluding hydrogens is 461 g/mol. The van der Waals surface area contributed by atoms with Crippen molar-refractivity contribution in [2.24, 2.45) is 0 Å². The Labute approximate surface area is 170 Å². The van der Waals surface area contributed by atoms with Crippen molar-refractivity contribution < 1.29 is 14.5 Å². The first-order valence-corrected chi connectivity index (χ1v) is 9.60. The highest BCUT2D eigenvalue weighted by molar-refractivity contribution is 14.1. The van der Waals surface area contributed by atoms with E-state index in [9.17, 15) is 19.7 Å². The van der Waals surface area contributed by atoms with E-state index in [1.165, 1.54) is 18.2 Å². The number of halogens is 1. The van der Waals surface area contributed by atoms with Crippen molar-refractivity contribution in [1.82, 2.24) is 5.32 Å². The number of rotatable bonds is 5. The van der Waals surface area contributed by atoms with Gasteiger partial charge >= 0.3 is 0 Å². The highest BCUT2D eigenvalue weighted by atomic mass is 127. The summed E-state index contributed by atoms with van der Waals surface area (Å²) < 4.78 is 0.517. The van der Waals surface area contributed by atoms with E-state index in [1.54, 1.807) is 4.90 Å². The average molecular weight is 479 g/mol. The third-order valence-corrected chi connectivity index (χ3v) is 5.40. The maximum Gasteiger partial charge on any atom is 0.270 e. The fourth-order valence-corrected chi connectivity index (χ4v) is 3.79. The molecule has 1 unspecified atom stereocenters. The van der Waals surface area contributed by atoms with Gasteiger partial charge in [-0.1, -0.05) is 12.1 Å². The minimum atomic E-state index is -0.488. The molecule has 1 atom stereocenters. The summed E-state index contributed by atoms with van der Waals surface area (Å²) in [6.45, 7) is 2.57. The lowest BCUT2D eigenvalue weighted by molar-refractivity contribution is -0.384. The number of nitrogens with zero attached hydrogens (tertiary/aromatic N) is 2. The molecule has 0 radical (unpaired) electrons. The quantitative estimate of drug-likeness (QED) is 0.401. The van der Waals surface area contributed by atoms with E-state index in [4.69, 9.17) is 0 Å². The Morgan fingerprint density at radius 3 is 2.70 bits per heavy atom. The van der Waals surface area contributed by atoms with Crippen LogP contribution in [0.25, 0.3) is 0 Å². The number of amides is 2. The monoisotopic (exact) mass is 479 g/mol. The summed E-state index contributed by atoms with van der Waals surface area (Å²) in [5, 5.41) is 13.7. The molecule has 1 aliphatic heterocycles. The van der Waals surface area contributed by atoms with E-state index in [2.05, 4.69) is 5.32 Å². The summed E-state index contributed by atoms with van der Waals surface area (Å²) in [6, 6.07) is 11.4. The number of nitro groups is 1. The van der Waals surface area contributed by atoms with E-state index in [0.29, 0.717) is 22.1 Å². The Kier molecular flexibility index (Phi) is 5.73. The number of carbonyl (C=O) groups is 2. The van der Waals surface area contributed by atoms with E-state index in [1.807, 2.05) is 53.8 Å². The molecule has 27 heavy (non-hydrogen) atoms. The molecule has 0 spiro atoms. The number of nitrogens with one attached hydrogen (secondary N) is 1. The molecule has 1 heterocycles. The van der Waals surface area contributed by atoms with Gasteiger partial charge in [0.05, 0.1) is 16.5 Å². The van der Waals surface area contributed by atoms with E-state index >= 15 is 0 Å². The van der Waals surface area contributed by atoms with Crippen LogP contribution in [0.5, 0.6) is 0 Å². The van der Waals surface area contributed by atoms with Gasteiger partial charge in [0, 0.05) is 34.4 Å². The molecule has 8 heteroatoms. The molecule has 1 fully saturated rings. The van der Waals surface area contributed by atoms with Crippen LogP contribution in [-0.4, -0.2) is 23.3 Å². The zero-order valence-corrected chi connectivity index (χ0v) is 16.8. The lowest BCUT2D eigenvalue weighted by Crippen LogP contribution is -2.28. The number of carbonyl (C=O) groups excluding carboxylic acids is 2. The summed E-state index contributed by atoms with van der Waals surface area (Å²) in [5.74, 6) is -0.186. The maximum atomic E-state index is 12.6. The van der Waals surface area contributed by atoms with Gasteiger partial charge in [0.25, 0.3) is 11.6 Å². The predicted molar refractivity (Wildman–Crippen MR) is 110 cm³/mol. The average Bonchev–Trinajstić information content (AvgIpc) is 3.07. The molecule has 140 valence electrons. The van der Waals surface area contributed by atoms with E-state index in [0.717, 1.165) is 17.7 Å². The second-order valence-electron chi connectivity index (χ2n) is 6.36. The van der Waals surface area contributed by atoms with Crippen molar-refractivity contribution in [3.05, 3.63) is 67.3 Å². The molecule has 1 aliphatic rings. The zero-order chi connectivity index (χ0) is 19.6. The third-order valence-electron chi connectivity index (χ3n) is 4.51. The summed E-state index contributed by atoms with van der Waals surface area (Å²) in [6.07, 6.45) is 1.42. The van der Waals surface area contributed by atoms with Crippen LogP contribution in [-0.2, 0) is 4.79 Å². The summed E-state index contributed by atoms with van der Waals surface area (Å²) in [5.41, 5.74) is 2.06. The largest absolute Gasteiger partial charge is 0.345 e. The molecule has 7 nitrogen and oxygen atoms in total. The first kappa shape index (κ1) is 19.3. The summed E-state index contributed by atoms with van der Waals surface area (Å²) in [7, 11) is 0. The number of benzene rings is 2. The standard InChI is InChI=1S/C19H18IN3O4/c1-12(13-4-2-5-14(10-13)22-9-3-6-18(22)24)21-19(25)16-8-7-15(23(26)27)11-17(16)20/h2,4-5,7-8,10-12H,3,6,9H2,1H3,(H,21,25). The lowest BCUT2D eigenvalue weighted by atomic mass is 10.1. The van der Waals surface area contributed by atoms with Crippen molar-refractivity contribution in [3.63, 3.8) is 0 Å². The molecule has 0 aliphatic carbocycles. The van der Waals surface area contributed by atoms with Crippen LogP contribution in [0, 0.1) is 13.7 Å². The van der Waals surface area contributed by atoms with Crippen LogP contribution < -0.4 is 10.2 Å². The van der Waals surface area contributed by atoms with Crippen LogP contribution >= 0.6 is 22.6 Å². The molecule has 0 bridgehead atoms. The minimum Gasteiger partial charge on any atom is -0.345 e. The van der Waals surface area contributed by atoms with Crippen LogP contribution in [0.15, 0.2) is 42.5 Å². The Bertz CT molecular complexity index is 916. The van der Waals surface area contributed by atoms with E-state index in [-0.39, 0.29) is 23.5 Å². The van der Waals surface area contributed by atoms with Crippen LogP contribution in [0.4, 0.5) is 11.4 Å². The van der Waals surface area contributed by atoms with Gasteiger partial charge in [0.15, 0.2) is 0 Å². The van der Waals surface area contributed by atoms with Crippen molar-refractivity contribution in [2.45, 2.75) is 25.8 Å². The number of anilines is 1.